The molecule has 1 heterocycles. The minimum absolute atomic E-state index is 0.105. The van der Waals surface area contributed by atoms with Crippen LogP contribution < -0.4 is 10.6 Å². The summed E-state index contributed by atoms with van der Waals surface area (Å²) in [5.74, 6) is 0.105. The average Bonchev–Trinajstić information content (AvgIpc) is 3.03. The molecular formula is C17H22N2O2S. The number of urea groups is 1. The first-order valence-corrected chi connectivity index (χ1v) is 8.35. The molecule has 1 aromatic carbocycles. The predicted molar refractivity (Wildman–Crippen MR) is 90.0 cm³/mol. The van der Waals surface area contributed by atoms with Crippen LogP contribution in [0.4, 0.5) is 4.79 Å². The number of amides is 2. The standard InChI is InChI=1S/C17H22N2O2S/c1-13(20)9-16(15-5-3-2-4-6-15)11-19-17(21)18-10-14-7-8-22-12-14/h2-8,12-13,16,20H,9-11H2,1H3,(H2,18,19,21). The van der Waals surface area contributed by atoms with Gasteiger partial charge in [-0.2, -0.15) is 11.3 Å². The number of nitrogens with one attached hydrogen (secondary N) is 2. The predicted octanol–water partition coefficient (Wildman–Crippen LogP) is 3.10. The van der Waals surface area contributed by atoms with Crippen LogP contribution in [0.15, 0.2) is 47.2 Å². The maximum absolute atomic E-state index is 11.9. The van der Waals surface area contributed by atoms with E-state index in [0.717, 1.165) is 11.1 Å². The van der Waals surface area contributed by atoms with Crippen LogP contribution in [0.25, 0.3) is 0 Å². The Morgan fingerprint density at radius 3 is 2.64 bits per heavy atom. The zero-order valence-electron chi connectivity index (χ0n) is 12.7. The number of rotatable bonds is 7. The first kappa shape index (κ1) is 16.5. The number of aliphatic hydroxyl groups excluding tert-OH is 1. The van der Waals surface area contributed by atoms with Crippen molar-refractivity contribution in [3.05, 3.63) is 58.3 Å². The summed E-state index contributed by atoms with van der Waals surface area (Å²) >= 11 is 1.61. The van der Waals surface area contributed by atoms with Gasteiger partial charge in [-0.05, 0) is 41.3 Å². The number of carbonyl (C=O) groups is 1. The quantitative estimate of drug-likeness (QED) is 0.734. The van der Waals surface area contributed by atoms with Crippen LogP contribution in [0.5, 0.6) is 0 Å². The van der Waals surface area contributed by atoms with Crippen molar-refractivity contribution in [1.29, 1.82) is 0 Å². The van der Waals surface area contributed by atoms with Crippen LogP contribution in [0.1, 0.15) is 30.4 Å². The van der Waals surface area contributed by atoms with Crippen LogP contribution in [0.3, 0.4) is 0 Å². The Labute approximate surface area is 135 Å². The summed E-state index contributed by atoms with van der Waals surface area (Å²) in [5.41, 5.74) is 2.23. The third-order valence-electron chi connectivity index (χ3n) is 3.44. The SMILES string of the molecule is CC(O)CC(CNC(=O)NCc1ccsc1)c1ccccc1. The Morgan fingerprint density at radius 2 is 2.00 bits per heavy atom. The van der Waals surface area contributed by atoms with Gasteiger partial charge in [0.2, 0.25) is 0 Å². The van der Waals surface area contributed by atoms with E-state index in [-0.39, 0.29) is 11.9 Å². The van der Waals surface area contributed by atoms with Crippen molar-refractivity contribution in [2.24, 2.45) is 0 Å². The molecule has 22 heavy (non-hydrogen) atoms. The van der Waals surface area contributed by atoms with Gasteiger partial charge in [-0.1, -0.05) is 30.3 Å². The molecule has 0 bridgehead atoms. The fourth-order valence-electron chi connectivity index (χ4n) is 2.33. The zero-order chi connectivity index (χ0) is 15.8. The molecule has 0 aliphatic carbocycles. The summed E-state index contributed by atoms with van der Waals surface area (Å²) in [7, 11) is 0. The number of benzene rings is 1. The fraction of sp³-hybridized carbons (Fsp3) is 0.353. The Bertz CT molecular complexity index is 555. The van der Waals surface area contributed by atoms with Crippen LogP contribution in [0, 0.1) is 0 Å². The van der Waals surface area contributed by atoms with Gasteiger partial charge in [0.05, 0.1) is 6.10 Å². The largest absolute Gasteiger partial charge is 0.393 e. The zero-order valence-corrected chi connectivity index (χ0v) is 13.5. The van der Waals surface area contributed by atoms with E-state index in [0.29, 0.717) is 19.5 Å². The third-order valence-corrected chi connectivity index (χ3v) is 4.17. The highest BCUT2D eigenvalue weighted by Gasteiger charge is 2.15. The van der Waals surface area contributed by atoms with E-state index in [2.05, 4.69) is 10.6 Å². The summed E-state index contributed by atoms with van der Waals surface area (Å²) in [4.78, 5) is 11.9. The molecule has 2 rings (SSSR count). The lowest BCUT2D eigenvalue weighted by Crippen LogP contribution is -2.37. The molecule has 0 fully saturated rings. The number of thiophene rings is 1. The van der Waals surface area contributed by atoms with E-state index in [1.54, 1.807) is 18.3 Å². The average molecular weight is 318 g/mol. The highest BCUT2D eigenvalue weighted by molar-refractivity contribution is 7.07. The minimum atomic E-state index is -0.402. The molecule has 2 aromatic rings. The third kappa shape index (κ3) is 5.50. The molecule has 4 nitrogen and oxygen atoms in total. The molecule has 0 radical (unpaired) electrons. The lowest BCUT2D eigenvalue weighted by molar-refractivity contribution is 0.173. The molecule has 3 N–H and O–H groups in total. The molecular weight excluding hydrogens is 296 g/mol. The first-order valence-electron chi connectivity index (χ1n) is 7.41. The lowest BCUT2D eigenvalue weighted by atomic mass is 9.93. The summed E-state index contributed by atoms with van der Waals surface area (Å²) in [5, 5.41) is 19.4. The van der Waals surface area contributed by atoms with E-state index in [4.69, 9.17) is 0 Å². The lowest BCUT2D eigenvalue weighted by Gasteiger charge is -2.19. The Balaban J connectivity index is 1.84. The fourth-order valence-corrected chi connectivity index (χ4v) is 3.00. The van der Waals surface area contributed by atoms with Crippen LogP contribution in [0.2, 0.25) is 0 Å². The van der Waals surface area contributed by atoms with Crippen LogP contribution >= 0.6 is 11.3 Å². The second-order valence-electron chi connectivity index (χ2n) is 5.39. The molecule has 0 saturated carbocycles. The molecule has 118 valence electrons. The summed E-state index contributed by atoms with van der Waals surface area (Å²) in [6.07, 6.45) is 0.218. The first-order chi connectivity index (χ1) is 10.6. The monoisotopic (exact) mass is 318 g/mol. The molecule has 0 spiro atoms. The molecule has 0 aliphatic rings. The van der Waals surface area contributed by atoms with Gasteiger partial charge in [-0.3, -0.25) is 0 Å². The molecule has 0 saturated heterocycles. The van der Waals surface area contributed by atoms with E-state index in [1.807, 2.05) is 47.2 Å². The van der Waals surface area contributed by atoms with Gasteiger partial charge in [0.1, 0.15) is 0 Å². The van der Waals surface area contributed by atoms with Gasteiger partial charge in [-0.15, -0.1) is 0 Å². The molecule has 2 atom stereocenters. The van der Waals surface area contributed by atoms with Gasteiger partial charge in [0.15, 0.2) is 0 Å². The molecule has 1 aromatic heterocycles. The summed E-state index contributed by atoms with van der Waals surface area (Å²) in [6, 6.07) is 11.8. The van der Waals surface area contributed by atoms with E-state index in [9.17, 15) is 9.90 Å². The number of aliphatic hydroxyl groups is 1. The highest BCUT2D eigenvalue weighted by Crippen LogP contribution is 2.20. The van der Waals surface area contributed by atoms with Crippen molar-refractivity contribution >= 4 is 17.4 Å². The number of hydrogen-bond donors (Lipinski definition) is 3. The summed E-state index contributed by atoms with van der Waals surface area (Å²) < 4.78 is 0. The minimum Gasteiger partial charge on any atom is -0.393 e. The highest BCUT2D eigenvalue weighted by atomic mass is 32.1. The maximum Gasteiger partial charge on any atom is 0.315 e. The van der Waals surface area contributed by atoms with Crippen molar-refractivity contribution in [2.45, 2.75) is 31.9 Å². The Kier molecular flexibility index (Phi) is 6.43. The van der Waals surface area contributed by atoms with E-state index >= 15 is 0 Å². The van der Waals surface area contributed by atoms with Gasteiger partial charge in [0, 0.05) is 19.0 Å². The van der Waals surface area contributed by atoms with Gasteiger partial charge in [-0.25, -0.2) is 4.79 Å². The molecule has 2 unspecified atom stereocenters. The van der Waals surface area contributed by atoms with Crippen LogP contribution in [-0.4, -0.2) is 23.8 Å². The van der Waals surface area contributed by atoms with Gasteiger partial charge in [0.25, 0.3) is 0 Å². The summed E-state index contributed by atoms with van der Waals surface area (Å²) in [6.45, 7) is 2.80. The number of carbonyl (C=O) groups excluding carboxylic acids is 1. The van der Waals surface area contributed by atoms with Crippen molar-refractivity contribution in [2.75, 3.05) is 6.54 Å². The smallest absolute Gasteiger partial charge is 0.315 e. The van der Waals surface area contributed by atoms with Crippen LogP contribution in [-0.2, 0) is 6.54 Å². The maximum atomic E-state index is 11.9. The molecule has 5 heteroatoms. The van der Waals surface area contributed by atoms with Crippen molar-refractivity contribution in [1.82, 2.24) is 10.6 Å². The van der Waals surface area contributed by atoms with Crippen molar-refractivity contribution in [3.63, 3.8) is 0 Å². The number of hydrogen-bond acceptors (Lipinski definition) is 3. The van der Waals surface area contributed by atoms with Gasteiger partial charge < -0.3 is 15.7 Å². The van der Waals surface area contributed by atoms with E-state index < -0.39 is 6.10 Å². The topological polar surface area (TPSA) is 61.4 Å². The Morgan fingerprint density at radius 1 is 1.23 bits per heavy atom. The normalized spacial score (nSPS) is 13.4. The van der Waals surface area contributed by atoms with E-state index in [1.165, 1.54) is 0 Å². The second-order valence-corrected chi connectivity index (χ2v) is 6.17. The van der Waals surface area contributed by atoms with Crippen molar-refractivity contribution < 1.29 is 9.90 Å². The van der Waals surface area contributed by atoms with Gasteiger partial charge >= 0.3 is 6.03 Å². The molecule has 2 amide bonds. The Hall–Kier alpha value is -1.85. The second kappa shape index (κ2) is 8.56. The molecule has 0 aliphatic heterocycles. The van der Waals surface area contributed by atoms with Crippen molar-refractivity contribution in [3.8, 4) is 0 Å².